The number of ether oxygens (including phenoxy) is 1. The summed E-state index contributed by atoms with van der Waals surface area (Å²) in [4.78, 5) is 24.8. The molecule has 2 atom stereocenters. The second-order valence-electron chi connectivity index (χ2n) is 6.41. The minimum atomic E-state index is -0.292. The maximum absolute atomic E-state index is 12.4. The number of amides is 2. The Balaban J connectivity index is 1.55. The summed E-state index contributed by atoms with van der Waals surface area (Å²) in [7, 11) is 0. The molecule has 0 bridgehead atoms. The topological polar surface area (TPSA) is 67.4 Å². The number of benzene rings is 2. The fraction of sp³-hybridized carbons (Fsp3) is 0.333. The molecule has 2 aromatic carbocycles. The van der Waals surface area contributed by atoms with E-state index in [0.29, 0.717) is 24.5 Å². The van der Waals surface area contributed by atoms with Gasteiger partial charge in [0.05, 0.1) is 24.1 Å². The lowest BCUT2D eigenvalue weighted by Crippen LogP contribution is -2.20. The van der Waals surface area contributed by atoms with Crippen molar-refractivity contribution in [3.05, 3.63) is 54.1 Å². The van der Waals surface area contributed by atoms with E-state index in [0.717, 1.165) is 12.1 Å². The van der Waals surface area contributed by atoms with Gasteiger partial charge in [-0.3, -0.25) is 9.59 Å². The monoisotopic (exact) mass is 352 g/mol. The van der Waals surface area contributed by atoms with Crippen LogP contribution in [0.3, 0.4) is 0 Å². The molecular formula is C21H24N2O3. The van der Waals surface area contributed by atoms with Crippen molar-refractivity contribution in [2.75, 3.05) is 17.2 Å². The number of hydrogen-bond donors (Lipinski definition) is 2. The fourth-order valence-corrected chi connectivity index (χ4v) is 2.91. The van der Waals surface area contributed by atoms with Crippen molar-refractivity contribution in [2.45, 2.75) is 26.7 Å². The van der Waals surface area contributed by atoms with Crippen molar-refractivity contribution in [1.29, 1.82) is 0 Å². The lowest BCUT2D eigenvalue weighted by molar-refractivity contribution is -0.122. The molecule has 2 aromatic rings. The molecule has 0 saturated heterocycles. The van der Waals surface area contributed by atoms with Gasteiger partial charge in [0.2, 0.25) is 11.8 Å². The van der Waals surface area contributed by atoms with Gasteiger partial charge in [-0.1, -0.05) is 31.2 Å². The van der Waals surface area contributed by atoms with E-state index in [-0.39, 0.29) is 23.7 Å². The Morgan fingerprint density at radius 3 is 2.27 bits per heavy atom. The Morgan fingerprint density at radius 1 is 0.962 bits per heavy atom. The number of carbonyl (C=O) groups excluding carboxylic acids is 2. The minimum Gasteiger partial charge on any atom is -0.492 e. The second kappa shape index (κ2) is 8.04. The first-order chi connectivity index (χ1) is 12.6. The molecule has 2 unspecified atom stereocenters. The van der Waals surface area contributed by atoms with E-state index in [9.17, 15) is 9.59 Å². The lowest BCUT2D eigenvalue weighted by atomic mass is 10.1. The largest absolute Gasteiger partial charge is 0.492 e. The quantitative estimate of drug-likeness (QED) is 0.795. The zero-order chi connectivity index (χ0) is 18.5. The summed E-state index contributed by atoms with van der Waals surface area (Å²) in [5.41, 5.74) is 2.63. The lowest BCUT2D eigenvalue weighted by Gasteiger charge is -2.11. The van der Waals surface area contributed by atoms with Gasteiger partial charge in [-0.15, -0.1) is 0 Å². The molecule has 5 nitrogen and oxygen atoms in total. The first kappa shape index (κ1) is 18.0. The number of anilines is 2. The number of rotatable bonds is 7. The molecule has 0 heterocycles. The van der Waals surface area contributed by atoms with Gasteiger partial charge in [0, 0.05) is 5.69 Å². The van der Waals surface area contributed by atoms with Crippen LogP contribution >= 0.6 is 0 Å². The van der Waals surface area contributed by atoms with Crippen LogP contribution in [0.4, 0.5) is 11.4 Å². The van der Waals surface area contributed by atoms with Crippen molar-refractivity contribution < 1.29 is 14.3 Å². The van der Waals surface area contributed by atoms with Crippen molar-refractivity contribution in [2.24, 2.45) is 11.8 Å². The zero-order valence-corrected chi connectivity index (χ0v) is 15.1. The summed E-state index contributed by atoms with van der Waals surface area (Å²) in [5.74, 6) is -0.174. The molecule has 1 fully saturated rings. The number of hydrogen-bond acceptors (Lipinski definition) is 3. The van der Waals surface area contributed by atoms with Crippen LogP contribution in [-0.4, -0.2) is 18.4 Å². The molecule has 3 rings (SSSR count). The summed E-state index contributed by atoms with van der Waals surface area (Å²) in [6.07, 6.45) is 1.53. The smallest absolute Gasteiger partial charge is 0.228 e. The molecule has 136 valence electrons. The van der Waals surface area contributed by atoms with Crippen molar-refractivity contribution in [3.8, 4) is 5.75 Å². The van der Waals surface area contributed by atoms with E-state index in [4.69, 9.17) is 4.74 Å². The molecule has 1 saturated carbocycles. The van der Waals surface area contributed by atoms with E-state index in [1.807, 2.05) is 49.4 Å². The van der Waals surface area contributed by atoms with Gasteiger partial charge in [-0.2, -0.15) is 0 Å². The second-order valence-corrected chi connectivity index (χ2v) is 6.41. The van der Waals surface area contributed by atoms with Crippen LogP contribution in [0.1, 0.15) is 25.8 Å². The predicted octanol–water partition coefficient (Wildman–Crippen LogP) is 3.86. The van der Waals surface area contributed by atoms with Gasteiger partial charge in [0.1, 0.15) is 5.75 Å². The summed E-state index contributed by atoms with van der Waals surface area (Å²) in [5, 5.41) is 5.77. The molecule has 0 spiro atoms. The van der Waals surface area contributed by atoms with E-state index in [2.05, 4.69) is 17.6 Å². The van der Waals surface area contributed by atoms with Gasteiger partial charge >= 0.3 is 0 Å². The van der Waals surface area contributed by atoms with Crippen LogP contribution in [0.5, 0.6) is 5.75 Å². The Labute approximate surface area is 153 Å². The molecule has 1 aliphatic carbocycles. The van der Waals surface area contributed by atoms with Crippen molar-refractivity contribution >= 4 is 23.2 Å². The Bertz CT molecular complexity index is 786. The molecule has 2 amide bonds. The molecule has 5 heteroatoms. The summed E-state index contributed by atoms with van der Waals surface area (Å²) in [6, 6.07) is 15.1. The zero-order valence-electron chi connectivity index (χ0n) is 15.1. The van der Waals surface area contributed by atoms with Gasteiger partial charge in [-0.05, 0) is 49.6 Å². The van der Waals surface area contributed by atoms with E-state index < -0.39 is 0 Å². The highest BCUT2D eigenvalue weighted by atomic mass is 16.5. The number of carbonyl (C=O) groups is 2. The van der Waals surface area contributed by atoms with Crippen LogP contribution in [0.15, 0.2) is 48.5 Å². The first-order valence-corrected chi connectivity index (χ1v) is 9.04. The van der Waals surface area contributed by atoms with Crippen LogP contribution in [0.25, 0.3) is 0 Å². The van der Waals surface area contributed by atoms with Gasteiger partial charge < -0.3 is 15.4 Å². The number of aryl methyl sites for hydroxylation is 1. The Hall–Kier alpha value is -2.82. The molecular weight excluding hydrogens is 328 g/mol. The average Bonchev–Trinajstić information content (AvgIpc) is 3.45. The molecule has 1 aliphatic rings. The summed E-state index contributed by atoms with van der Waals surface area (Å²) < 4.78 is 5.52. The van der Waals surface area contributed by atoms with Crippen LogP contribution in [0, 0.1) is 11.8 Å². The summed E-state index contributed by atoms with van der Waals surface area (Å²) in [6.45, 7) is 4.51. The third-order valence-electron chi connectivity index (χ3n) is 4.54. The predicted molar refractivity (Wildman–Crippen MR) is 102 cm³/mol. The molecule has 0 aliphatic heterocycles. The molecule has 0 aromatic heterocycles. The Kier molecular flexibility index (Phi) is 5.56. The normalized spacial score (nSPS) is 18.1. The maximum atomic E-state index is 12.4. The van der Waals surface area contributed by atoms with Crippen LogP contribution in [-0.2, 0) is 16.0 Å². The highest BCUT2D eigenvalue weighted by Gasteiger charge is 2.48. The highest BCUT2D eigenvalue weighted by molar-refractivity contribution is 6.03. The number of nitrogens with one attached hydrogen (secondary N) is 2. The van der Waals surface area contributed by atoms with Crippen LogP contribution in [0.2, 0.25) is 0 Å². The third-order valence-corrected chi connectivity index (χ3v) is 4.54. The standard InChI is InChI=1S/C21H24N2O3/c1-3-14-9-11-15(12-10-14)22-20(24)16-13-17(16)21(25)23-18-7-5-6-8-19(18)26-4-2/h5-12,16-17H,3-4,13H2,1-2H3,(H,22,24)(H,23,25). The van der Waals surface area contributed by atoms with Crippen molar-refractivity contribution in [3.63, 3.8) is 0 Å². The van der Waals surface area contributed by atoms with Gasteiger partial charge in [0.25, 0.3) is 0 Å². The molecule has 26 heavy (non-hydrogen) atoms. The first-order valence-electron chi connectivity index (χ1n) is 9.04. The maximum Gasteiger partial charge on any atom is 0.228 e. The fourth-order valence-electron chi connectivity index (χ4n) is 2.91. The summed E-state index contributed by atoms with van der Waals surface area (Å²) >= 11 is 0. The van der Waals surface area contributed by atoms with E-state index in [1.165, 1.54) is 5.56 Å². The van der Waals surface area contributed by atoms with Gasteiger partial charge in [-0.25, -0.2) is 0 Å². The average molecular weight is 352 g/mol. The number of para-hydroxylation sites is 2. The highest BCUT2D eigenvalue weighted by Crippen LogP contribution is 2.40. The van der Waals surface area contributed by atoms with Gasteiger partial charge in [0.15, 0.2) is 0 Å². The minimum absolute atomic E-state index is 0.104. The van der Waals surface area contributed by atoms with Crippen LogP contribution < -0.4 is 15.4 Å². The molecule has 0 radical (unpaired) electrons. The van der Waals surface area contributed by atoms with E-state index >= 15 is 0 Å². The van der Waals surface area contributed by atoms with E-state index in [1.54, 1.807) is 6.07 Å². The third kappa shape index (κ3) is 4.23. The molecule has 2 N–H and O–H groups in total. The SMILES string of the molecule is CCOc1ccccc1NC(=O)C1CC1C(=O)Nc1ccc(CC)cc1. The Morgan fingerprint density at radius 2 is 1.62 bits per heavy atom. The van der Waals surface area contributed by atoms with Crippen molar-refractivity contribution in [1.82, 2.24) is 0 Å².